The first-order valence-electron chi connectivity index (χ1n) is 12.4. The van der Waals surface area contributed by atoms with E-state index in [-0.39, 0.29) is 24.9 Å². The van der Waals surface area contributed by atoms with E-state index < -0.39 is 11.7 Å². The fourth-order valence-corrected chi connectivity index (χ4v) is 3.85. The Labute approximate surface area is 215 Å². The molecule has 0 spiro atoms. The number of anilines is 1. The van der Waals surface area contributed by atoms with Crippen molar-refractivity contribution in [2.24, 2.45) is 5.41 Å². The number of halogens is 1. The van der Waals surface area contributed by atoms with Gasteiger partial charge in [0.2, 0.25) is 18.1 Å². The fourth-order valence-electron chi connectivity index (χ4n) is 3.85. The van der Waals surface area contributed by atoms with Crippen molar-refractivity contribution in [3.8, 4) is 22.6 Å². The molecule has 0 atom stereocenters. The molecule has 0 unspecified atom stereocenters. The van der Waals surface area contributed by atoms with Gasteiger partial charge in [0.25, 0.3) is 0 Å². The first kappa shape index (κ1) is 26.6. The van der Waals surface area contributed by atoms with E-state index >= 15 is 0 Å². The van der Waals surface area contributed by atoms with Crippen LogP contribution in [0.1, 0.15) is 38.8 Å². The number of benzene rings is 1. The van der Waals surface area contributed by atoms with Crippen LogP contribution in [-0.2, 0) is 19.0 Å². The average molecular weight is 513 g/mol. The number of H-pyrrole nitrogens is 1. The van der Waals surface area contributed by atoms with E-state index in [1.807, 2.05) is 13.8 Å². The summed E-state index contributed by atoms with van der Waals surface area (Å²) in [6.07, 6.45) is 2.52. The molecule has 11 heteroatoms. The largest absolute Gasteiger partial charge is 0.385 e. The third-order valence-electron chi connectivity index (χ3n) is 5.97. The first-order valence-corrected chi connectivity index (χ1v) is 12.4. The molecule has 3 N–H and O–H groups in total. The van der Waals surface area contributed by atoms with E-state index in [2.05, 4.69) is 25.6 Å². The monoisotopic (exact) mass is 512 g/mol. The molecule has 0 radical (unpaired) electrons. The topological polar surface area (TPSA) is 123 Å². The van der Waals surface area contributed by atoms with Crippen LogP contribution in [0.3, 0.4) is 0 Å². The molecule has 0 aliphatic carbocycles. The molecular formula is C26H33FN6O4. The van der Waals surface area contributed by atoms with E-state index in [0.29, 0.717) is 54.1 Å². The van der Waals surface area contributed by atoms with Gasteiger partial charge in [-0.2, -0.15) is 0 Å². The van der Waals surface area contributed by atoms with Crippen molar-refractivity contribution in [2.45, 2.75) is 33.0 Å². The Morgan fingerprint density at radius 3 is 2.65 bits per heavy atom. The predicted octanol–water partition coefficient (Wildman–Crippen LogP) is 3.70. The van der Waals surface area contributed by atoms with Crippen molar-refractivity contribution in [1.29, 1.82) is 0 Å². The molecule has 198 valence electrons. The van der Waals surface area contributed by atoms with Crippen LogP contribution in [0.2, 0.25) is 0 Å². The zero-order chi connectivity index (χ0) is 26.3. The van der Waals surface area contributed by atoms with Gasteiger partial charge in [-0.3, -0.25) is 4.79 Å². The minimum absolute atomic E-state index is 0.105. The van der Waals surface area contributed by atoms with Gasteiger partial charge in [0.05, 0.1) is 35.7 Å². The number of aromatic nitrogens is 4. The number of methoxy groups -OCH3 is 1. The van der Waals surface area contributed by atoms with Crippen LogP contribution in [0.25, 0.3) is 22.6 Å². The summed E-state index contributed by atoms with van der Waals surface area (Å²) in [6, 6.07) is 7.83. The molecule has 1 amide bonds. The predicted molar refractivity (Wildman–Crippen MR) is 136 cm³/mol. The van der Waals surface area contributed by atoms with E-state index in [1.54, 1.807) is 31.5 Å². The van der Waals surface area contributed by atoms with Gasteiger partial charge in [-0.05, 0) is 50.1 Å². The number of carbonyl (C=O) groups is 1. The Hall–Kier alpha value is -3.41. The summed E-state index contributed by atoms with van der Waals surface area (Å²) in [5.74, 6) is 0.448. The van der Waals surface area contributed by atoms with Crippen molar-refractivity contribution in [1.82, 2.24) is 25.3 Å². The van der Waals surface area contributed by atoms with Crippen LogP contribution < -0.4 is 10.6 Å². The number of imidazole rings is 1. The molecule has 1 aliphatic rings. The first-order chi connectivity index (χ1) is 17.9. The molecule has 1 aliphatic heterocycles. The lowest BCUT2D eigenvalue weighted by molar-refractivity contribution is -0.231. The third-order valence-corrected chi connectivity index (χ3v) is 5.97. The highest BCUT2D eigenvalue weighted by Crippen LogP contribution is 2.35. The maximum atomic E-state index is 13.6. The van der Waals surface area contributed by atoms with Crippen molar-refractivity contribution < 1.29 is 23.4 Å². The minimum atomic E-state index is -0.798. The summed E-state index contributed by atoms with van der Waals surface area (Å²) in [7, 11) is 1.66. The number of nitrogens with zero attached hydrogens (tertiary/aromatic N) is 3. The lowest BCUT2D eigenvalue weighted by Crippen LogP contribution is -2.48. The minimum Gasteiger partial charge on any atom is -0.385 e. The second kappa shape index (κ2) is 12.2. The van der Waals surface area contributed by atoms with E-state index in [9.17, 15) is 9.18 Å². The van der Waals surface area contributed by atoms with Gasteiger partial charge in [0.15, 0.2) is 5.82 Å². The summed E-state index contributed by atoms with van der Waals surface area (Å²) < 4.78 is 30.6. The third kappa shape index (κ3) is 6.48. The van der Waals surface area contributed by atoms with Gasteiger partial charge < -0.3 is 29.8 Å². The number of amides is 1. The average Bonchev–Trinajstić information content (AvgIpc) is 3.36. The standard InChI is InChI=1S/C26H33FN6O4/c1-4-11-28-24(34)26(2)15-36-23(37-16-26)22-32-20(17-6-8-18(27)9-7-17)21(33-22)19-10-13-30-25(31-19)29-12-5-14-35-3/h6-10,13,23H,4-5,11-12,14-16H2,1-3H3,(H,28,34)(H,32,33)(H,29,30,31). The van der Waals surface area contributed by atoms with Crippen molar-refractivity contribution in [3.05, 3.63) is 48.2 Å². The molecular weight excluding hydrogens is 479 g/mol. The van der Waals surface area contributed by atoms with Gasteiger partial charge in [-0.15, -0.1) is 0 Å². The van der Waals surface area contributed by atoms with Crippen LogP contribution in [-0.4, -0.2) is 65.9 Å². The highest BCUT2D eigenvalue weighted by molar-refractivity contribution is 5.82. The molecule has 37 heavy (non-hydrogen) atoms. The van der Waals surface area contributed by atoms with Crippen LogP contribution in [0, 0.1) is 11.2 Å². The molecule has 3 heterocycles. The summed E-state index contributed by atoms with van der Waals surface area (Å²) in [6.45, 7) is 6.06. The van der Waals surface area contributed by atoms with E-state index in [4.69, 9.17) is 19.2 Å². The second-order valence-corrected chi connectivity index (χ2v) is 9.16. The zero-order valence-corrected chi connectivity index (χ0v) is 21.3. The number of carbonyl (C=O) groups excluding carboxylic acids is 1. The zero-order valence-electron chi connectivity index (χ0n) is 21.3. The molecule has 0 saturated carbocycles. The van der Waals surface area contributed by atoms with Crippen LogP contribution in [0.4, 0.5) is 10.3 Å². The lowest BCUT2D eigenvalue weighted by atomic mass is 9.91. The Balaban J connectivity index is 1.59. The number of ether oxygens (including phenoxy) is 3. The SMILES string of the molecule is CCCNC(=O)C1(C)COC(c2nc(-c3ccc(F)cc3)c(-c3ccnc(NCCCOC)n3)[nH]2)OC1. The van der Waals surface area contributed by atoms with Crippen molar-refractivity contribution in [2.75, 3.05) is 45.3 Å². The number of hydrogen-bond donors (Lipinski definition) is 3. The molecule has 2 aromatic heterocycles. The van der Waals surface area contributed by atoms with Gasteiger partial charge in [0, 0.05) is 38.6 Å². The van der Waals surface area contributed by atoms with E-state index in [1.165, 1.54) is 12.1 Å². The Morgan fingerprint density at radius 2 is 1.95 bits per heavy atom. The smallest absolute Gasteiger partial charge is 0.230 e. The fraction of sp³-hybridized carbons (Fsp3) is 0.462. The summed E-state index contributed by atoms with van der Waals surface area (Å²) in [5, 5.41) is 6.09. The summed E-state index contributed by atoms with van der Waals surface area (Å²) in [5.41, 5.74) is 1.69. The maximum absolute atomic E-state index is 13.6. The van der Waals surface area contributed by atoms with E-state index in [0.717, 1.165) is 12.8 Å². The molecule has 1 saturated heterocycles. The van der Waals surface area contributed by atoms with Crippen LogP contribution in [0.5, 0.6) is 0 Å². The quantitative estimate of drug-likeness (QED) is 0.333. The molecule has 3 aromatic rings. The molecule has 1 aromatic carbocycles. The van der Waals surface area contributed by atoms with Crippen LogP contribution in [0.15, 0.2) is 36.5 Å². The molecule has 4 rings (SSSR count). The summed E-state index contributed by atoms with van der Waals surface area (Å²) >= 11 is 0. The highest BCUT2D eigenvalue weighted by atomic mass is 19.1. The lowest BCUT2D eigenvalue weighted by Gasteiger charge is -2.35. The second-order valence-electron chi connectivity index (χ2n) is 9.16. The van der Waals surface area contributed by atoms with Crippen molar-refractivity contribution in [3.63, 3.8) is 0 Å². The highest BCUT2D eigenvalue weighted by Gasteiger charge is 2.40. The number of rotatable bonds is 11. The van der Waals surface area contributed by atoms with Gasteiger partial charge in [0.1, 0.15) is 5.82 Å². The van der Waals surface area contributed by atoms with Crippen LogP contribution >= 0.6 is 0 Å². The molecule has 10 nitrogen and oxygen atoms in total. The normalized spacial score (nSPS) is 19.5. The Kier molecular flexibility index (Phi) is 8.80. The van der Waals surface area contributed by atoms with Gasteiger partial charge in [-0.25, -0.2) is 19.3 Å². The Bertz CT molecular complexity index is 1180. The number of nitrogens with one attached hydrogen (secondary N) is 3. The van der Waals surface area contributed by atoms with Gasteiger partial charge >= 0.3 is 0 Å². The Morgan fingerprint density at radius 1 is 1.19 bits per heavy atom. The maximum Gasteiger partial charge on any atom is 0.230 e. The number of hydrogen-bond acceptors (Lipinski definition) is 8. The number of aromatic amines is 1. The molecule has 1 fully saturated rings. The van der Waals surface area contributed by atoms with Gasteiger partial charge in [-0.1, -0.05) is 6.92 Å². The van der Waals surface area contributed by atoms with Crippen molar-refractivity contribution >= 4 is 11.9 Å². The summed E-state index contributed by atoms with van der Waals surface area (Å²) in [4.78, 5) is 29.5. The molecule has 0 bridgehead atoms.